The number of fused-ring (bicyclic) bond motifs is 1. The number of halogens is 2. The smallest absolute Gasteiger partial charge is 0.254 e. The van der Waals surface area contributed by atoms with Crippen molar-refractivity contribution < 1.29 is 28.2 Å². The Morgan fingerprint density at radius 2 is 1.86 bits per heavy atom. The number of nitrogens with one attached hydrogen (secondary N) is 2. The Hall–Kier alpha value is -4.62. The molecule has 230 valence electrons. The summed E-state index contributed by atoms with van der Waals surface area (Å²) in [5.74, 6) is -2.00. The van der Waals surface area contributed by atoms with Gasteiger partial charge in [-0.25, -0.2) is 14.4 Å². The van der Waals surface area contributed by atoms with Crippen molar-refractivity contribution in [2.75, 3.05) is 44.6 Å². The molecule has 2 aliphatic rings. The molecular formula is C31H33F2N7O4. The number of aliphatic hydroxyl groups is 1. The van der Waals surface area contributed by atoms with Gasteiger partial charge in [0.2, 0.25) is 11.7 Å². The van der Waals surface area contributed by atoms with E-state index >= 15 is 0 Å². The molecule has 2 aromatic carbocycles. The van der Waals surface area contributed by atoms with Crippen LogP contribution in [-0.4, -0.2) is 92.6 Å². The Kier molecular flexibility index (Phi) is 8.15. The van der Waals surface area contributed by atoms with Gasteiger partial charge in [0.05, 0.1) is 30.6 Å². The molecule has 13 heteroatoms. The van der Waals surface area contributed by atoms with E-state index in [4.69, 9.17) is 4.74 Å². The van der Waals surface area contributed by atoms with Gasteiger partial charge in [-0.05, 0) is 56.2 Å². The molecule has 0 saturated carbocycles. The quantitative estimate of drug-likeness (QED) is 0.294. The van der Waals surface area contributed by atoms with E-state index in [1.807, 2.05) is 13.0 Å². The second kappa shape index (κ2) is 12.2. The predicted octanol–water partition coefficient (Wildman–Crippen LogP) is 3.13. The second-order valence-corrected chi connectivity index (χ2v) is 10.9. The summed E-state index contributed by atoms with van der Waals surface area (Å²) in [5, 5.41) is 16.0. The van der Waals surface area contributed by atoms with Crippen molar-refractivity contribution >= 4 is 29.0 Å². The molecule has 0 bridgehead atoms. The van der Waals surface area contributed by atoms with Gasteiger partial charge in [-0.3, -0.25) is 14.0 Å². The summed E-state index contributed by atoms with van der Waals surface area (Å²) in [5.41, 5.74) is 2.77. The Balaban J connectivity index is 1.15. The zero-order chi connectivity index (χ0) is 31.0. The van der Waals surface area contributed by atoms with Crippen LogP contribution in [0.25, 0.3) is 16.9 Å². The van der Waals surface area contributed by atoms with Gasteiger partial charge in [-0.15, -0.1) is 0 Å². The SMILES string of the molecule is CCOc1ccc(-c2cnc3c(Nc4ccc(C(=O)N5CCN(C(=O)[C@@H]6C[C@@H](O)CN6)CC5)c(C)c4)nccn23)c(F)c1F. The van der Waals surface area contributed by atoms with Crippen molar-refractivity contribution in [3.05, 3.63) is 71.7 Å². The summed E-state index contributed by atoms with van der Waals surface area (Å²) in [6, 6.07) is 7.82. The molecule has 2 aromatic heterocycles. The van der Waals surface area contributed by atoms with Crippen molar-refractivity contribution in [3.63, 3.8) is 0 Å². The normalized spacial score (nSPS) is 18.6. The monoisotopic (exact) mass is 605 g/mol. The fraction of sp³-hybridized carbons (Fsp3) is 0.355. The van der Waals surface area contributed by atoms with Crippen LogP contribution in [0.5, 0.6) is 5.75 Å². The molecule has 4 heterocycles. The summed E-state index contributed by atoms with van der Waals surface area (Å²) >= 11 is 0. The van der Waals surface area contributed by atoms with Crippen molar-refractivity contribution in [3.8, 4) is 17.0 Å². The first-order valence-electron chi connectivity index (χ1n) is 14.6. The van der Waals surface area contributed by atoms with E-state index in [0.29, 0.717) is 67.6 Å². The van der Waals surface area contributed by atoms with Crippen molar-refractivity contribution in [1.29, 1.82) is 0 Å². The molecular weight excluding hydrogens is 572 g/mol. The molecule has 2 atom stereocenters. The van der Waals surface area contributed by atoms with E-state index in [1.54, 1.807) is 39.5 Å². The number of imidazole rings is 1. The number of carbonyl (C=O) groups excluding carboxylic acids is 2. The molecule has 11 nitrogen and oxygen atoms in total. The standard InChI is InChI=1S/C31H33F2N7O4/c1-3-44-25-7-6-22(26(32)27(25)33)24-17-36-29-28(34-8-9-40(24)29)37-19-4-5-21(18(2)14-19)30(42)38-10-12-39(13-11-38)31(43)23-15-20(41)16-35-23/h4-9,14,17,20,23,35,41H,3,10-13,15-16H2,1-2H3,(H,34,37)/t20-,23+/m1/s1. The van der Waals surface area contributed by atoms with E-state index in [9.17, 15) is 23.5 Å². The Morgan fingerprint density at radius 1 is 1.09 bits per heavy atom. The van der Waals surface area contributed by atoms with Crippen LogP contribution in [0.2, 0.25) is 0 Å². The molecule has 3 N–H and O–H groups in total. The van der Waals surface area contributed by atoms with E-state index < -0.39 is 17.7 Å². The Bertz CT molecular complexity index is 1720. The third-order valence-electron chi connectivity index (χ3n) is 8.05. The van der Waals surface area contributed by atoms with Gasteiger partial charge in [0.1, 0.15) is 0 Å². The number of aliphatic hydroxyl groups excluding tert-OH is 1. The fourth-order valence-corrected chi connectivity index (χ4v) is 5.75. The number of hydrogen-bond acceptors (Lipinski definition) is 8. The van der Waals surface area contributed by atoms with Gasteiger partial charge in [0.15, 0.2) is 23.0 Å². The maximum Gasteiger partial charge on any atom is 0.254 e. The molecule has 2 aliphatic heterocycles. The third-order valence-corrected chi connectivity index (χ3v) is 8.05. The number of amides is 2. The maximum absolute atomic E-state index is 15.0. The van der Waals surface area contributed by atoms with Gasteiger partial charge in [0, 0.05) is 61.9 Å². The topological polar surface area (TPSA) is 124 Å². The lowest BCUT2D eigenvalue weighted by molar-refractivity contribution is -0.134. The molecule has 0 aliphatic carbocycles. The number of nitrogens with zero attached hydrogens (tertiary/aromatic N) is 5. The third kappa shape index (κ3) is 5.55. The molecule has 2 amide bonds. The van der Waals surface area contributed by atoms with Crippen molar-refractivity contribution in [2.45, 2.75) is 32.4 Å². The first kappa shape index (κ1) is 29.5. The van der Waals surface area contributed by atoms with Crippen LogP contribution < -0.4 is 15.4 Å². The summed E-state index contributed by atoms with van der Waals surface area (Å²) in [7, 11) is 0. The average Bonchev–Trinajstić information content (AvgIpc) is 3.66. The molecule has 6 rings (SSSR count). The number of aromatic nitrogens is 3. The van der Waals surface area contributed by atoms with Crippen molar-refractivity contribution in [1.82, 2.24) is 29.5 Å². The molecule has 2 saturated heterocycles. The second-order valence-electron chi connectivity index (χ2n) is 10.9. The van der Waals surface area contributed by atoms with E-state index in [2.05, 4.69) is 20.6 Å². The lowest BCUT2D eigenvalue weighted by atomic mass is 10.1. The number of aryl methyl sites for hydroxylation is 1. The molecule has 2 fully saturated rings. The van der Waals surface area contributed by atoms with Gasteiger partial charge in [-0.1, -0.05) is 0 Å². The minimum absolute atomic E-state index is 0.0357. The van der Waals surface area contributed by atoms with Crippen LogP contribution >= 0.6 is 0 Å². The Labute approximate surface area is 252 Å². The highest BCUT2D eigenvalue weighted by Gasteiger charge is 2.33. The van der Waals surface area contributed by atoms with Crippen LogP contribution in [0.15, 0.2) is 48.9 Å². The molecule has 0 radical (unpaired) electrons. The summed E-state index contributed by atoms with van der Waals surface area (Å²) in [6.07, 6.45) is 4.50. The van der Waals surface area contributed by atoms with Crippen LogP contribution in [0.3, 0.4) is 0 Å². The molecule has 0 spiro atoms. The highest BCUT2D eigenvalue weighted by molar-refractivity contribution is 5.96. The Morgan fingerprint density at radius 3 is 2.57 bits per heavy atom. The van der Waals surface area contributed by atoms with E-state index in [1.165, 1.54) is 24.5 Å². The average molecular weight is 606 g/mol. The zero-order valence-corrected chi connectivity index (χ0v) is 24.4. The minimum Gasteiger partial charge on any atom is -0.491 e. The van der Waals surface area contributed by atoms with E-state index in [0.717, 1.165) is 5.56 Å². The lowest BCUT2D eigenvalue weighted by Crippen LogP contribution is -2.54. The summed E-state index contributed by atoms with van der Waals surface area (Å²) < 4.78 is 36.3. The van der Waals surface area contributed by atoms with Gasteiger partial charge >= 0.3 is 0 Å². The van der Waals surface area contributed by atoms with Crippen molar-refractivity contribution in [2.24, 2.45) is 0 Å². The number of anilines is 2. The van der Waals surface area contributed by atoms with Crippen LogP contribution in [-0.2, 0) is 4.79 Å². The van der Waals surface area contributed by atoms with Gasteiger partial charge < -0.3 is 30.3 Å². The van der Waals surface area contributed by atoms with Gasteiger partial charge in [0.25, 0.3) is 5.91 Å². The van der Waals surface area contributed by atoms with E-state index in [-0.39, 0.29) is 35.8 Å². The molecule has 0 unspecified atom stereocenters. The summed E-state index contributed by atoms with van der Waals surface area (Å²) in [4.78, 5) is 38.4. The number of rotatable bonds is 7. The molecule has 4 aromatic rings. The largest absolute Gasteiger partial charge is 0.491 e. The van der Waals surface area contributed by atoms with Gasteiger partial charge in [-0.2, -0.15) is 4.39 Å². The maximum atomic E-state index is 15.0. The molecule has 44 heavy (non-hydrogen) atoms. The van der Waals surface area contributed by atoms with Crippen LogP contribution in [0.1, 0.15) is 29.3 Å². The summed E-state index contributed by atoms with van der Waals surface area (Å²) in [6.45, 7) is 5.89. The predicted molar refractivity (Wildman–Crippen MR) is 159 cm³/mol. The van der Waals surface area contributed by atoms with Crippen LogP contribution in [0.4, 0.5) is 20.3 Å². The highest BCUT2D eigenvalue weighted by atomic mass is 19.2. The zero-order valence-electron chi connectivity index (χ0n) is 24.4. The minimum atomic E-state index is -1.06. The number of β-amino-alcohol motifs (C(OH)–C–C–N with tert-alkyl or cyclic N) is 1. The number of benzene rings is 2. The number of ether oxygens (including phenoxy) is 1. The highest BCUT2D eigenvalue weighted by Crippen LogP contribution is 2.32. The lowest BCUT2D eigenvalue weighted by Gasteiger charge is -2.36. The number of hydrogen-bond donors (Lipinski definition) is 3. The van der Waals surface area contributed by atoms with Crippen LogP contribution in [0, 0.1) is 18.6 Å². The first-order chi connectivity index (χ1) is 21.2. The fourth-order valence-electron chi connectivity index (χ4n) is 5.75. The number of piperazine rings is 1. The first-order valence-corrected chi connectivity index (χ1v) is 14.6. The number of carbonyl (C=O) groups is 2.